The predicted octanol–water partition coefficient (Wildman–Crippen LogP) is 3.64. The molecule has 1 aromatic carbocycles. The zero-order valence-electron chi connectivity index (χ0n) is 16.0. The highest BCUT2D eigenvalue weighted by Crippen LogP contribution is 2.28. The number of aryl methyl sites for hydroxylation is 2. The van der Waals surface area contributed by atoms with Crippen molar-refractivity contribution in [3.8, 4) is 11.4 Å². The van der Waals surface area contributed by atoms with E-state index in [9.17, 15) is 0 Å². The summed E-state index contributed by atoms with van der Waals surface area (Å²) in [6.45, 7) is 8.60. The molecule has 3 heterocycles. The van der Waals surface area contributed by atoms with E-state index in [-0.39, 0.29) is 6.04 Å². The van der Waals surface area contributed by atoms with Gasteiger partial charge in [0.2, 0.25) is 0 Å². The van der Waals surface area contributed by atoms with Crippen LogP contribution in [0.15, 0.2) is 55.1 Å². The highest BCUT2D eigenvalue weighted by atomic mass is 16.5. The average molecular weight is 362 g/mol. The van der Waals surface area contributed by atoms with Crippen LogP contribution in [0.25, 0.3) is 11.4 Å². The van der Waals surface area contributed by atoms with Crippen LogP contribution >= 0.6 is 0 Å². The van der Waals surface area contributed by atoms with Crippen LogP contribution in [-0.4, -0.2) is 45.7 Å². The number of hydrogen-bond acceptors (Lipinski definition) is 4. The van der Waals surface area contributed by atoms with Gasteiger partial charge in [0.25, 0.3) is 0 Å². The second kappa shape index (κ2) is 8.03. The van der Waals surface area contributed by atoms with E-state index in [0.29, 0.717) is 0 Å². The van der Waals surface area contributed by atoms with Crippen molar-refractivity contribution in [2.24, 2.45) is 0 Å². The van der Waals surface area contributed by atoms with E-state index in [1.54, 1.807) is 0 Å². The maximum absolute atomic E-state index is 5.57. The number of benzene rings is 1. The minimum absolute atomic E-state index is 0.273. The molecule has 1 atom stereocenters. The Bertz CT molecular complexity index is 884. The molecule has 0 N–H and O–H groups in total. The summed E-state index contributed by atoms with van der Waals surface area (Å²) in [5.41, 5.74) is 4.99. The number of imidazole rings is 1. The van der Waals surface area contributed by atoms with Crippen LogP contribution in [0.1, 0.15) is 22.7 Å². The first-order chi connectivity index (χ1) is 13.2. The molecular formula is C22H26N4O. The lowest BCUT2D eigenvalue weighted by Crippen LogP contribution is -2.40. The first-order valence-corrected chi connectivity index (χ1v) is 9.53. The third-order valence-corrected chi connectivity index (χ3v) is 5.30. The van der Waals surface area contributed by atoms with E-state index in [1.807, 2.05) is 18.6 Å². The van der Waals surface area contributed by atoms with Gasteiger partial charge in [-0.15, -0.1) is 0 Å². The average Bonchev–Trinajstić information content (AvgIpc) is 3.17. The maximum Gasteiger partial charge on any atom is 0.140 e. The smallest absolute Gasteiger partial charge is 0.140 e. The monoisotopic (exact) mass is 362 g/mol. The minimum atomic E-state index is 0.273. The van der Waals surface area contributed by atoms with Gasteiger partial charge in [0.1, 0.15) is 5.82 Å². The van der Waals surface area contributed by atoms with Gasteiger partial charge in [0, 0.05) is 50.0 Å². The first-order valence-electron chi connectivity index (χ1n) is 9.53. The van der Waals surface area contributed by atoms with E-state index in [4.69, 9.17) is 4.74 Å². The molecule has 1 unspecified atom stereocenters. The third kappa shape index (κ3) is 3.94. The molecule has 0 radical (unpaired) electrons. The molecule has 1 aliphatic heterocycles. The summed E-state index contributed by atoms with van der Waals surface area (Å²) >= 11 is 0. The molecule has 2 aromatic heterocycles. The highest BCUT2D eigenvalue weighted by Gasteiger charge is 2.24. The van der Waals surface area contributed by atoms with Crippen molar-refractivity contribution in [2.75, 3.05) is 26.3 Å². The zero-order chi connectivity index (χ0) is 18.6. The number of nitrogens with zero attached hydrogens (tertiary/aromatic N) is 4. The van der Waals surface area contributed by atoms with Gasteiger partial charge < -0.3 is 9.30 Å². The summed E-state index contributed by atoms with van der Waals surface area (Å²) in [4.78, 5) is 11.4. The Kier molecular flexibility index (Phi) is 5.32. The Balaban J connectivity index is 1.68. The van der Waals surface area contributed by atoms with Crippen molar-refractivity contribution < 1.29 is 4.74 Å². The molecule has 0 saturated carbocycles. The van der Waals surface area contributed by atoms with Crippen molar-refractivity contribution in [1.82, 2.24) is 19.4 Å². The number of ether oxygens (including phenoxy) is 1. The summed E-state index contributed by atoms with van der Waals surface area (Å²) in [5.74, 6) is 1.03. The molecule has 5 heteroatoms. The van der Waals surface area contributed by atoms with E-state index >= 15 is 0 Å². The fraction of sp³-hybridized carbons (Fsp3) is 0.364. The molecule has 1 aliphatic rings. The number of morpholine rings is 1. The Labute approximate surface area is 160 Å². The van der Waals surface area contributed by atoms with Gasteiger partial charge in [0.15, 0.2) is 0 Å². The van der Waals surface area contributed by atoms with Gasteiger partial charge in [-0.05, 0) is 43.2 Å². The summed E-state index contributed by atoms with van der Waals surface area (Å²) in [6, 6.07) is 11.1. The highest BCUT2D eigenvalue weighted by molar-refractivity contribution is 5.61. The molecule has 27 heavy (non-hydrogen) atoms. The standard InChI is InChI=1S/C22H26N4O/c1-17-3-4-18(2)20(15-17)22-24-9-10-26(22)16-21(19-5-7-23-8-6-19)25-11-13-27-14-12-25/h3-10,15,21H,11-14,16H2,1-2H3. The fourth-order valence-corrected chi connectivity index (χ4v) is 3.77. The van der Waals surface area contributed by atoms with Crippen molar-refractivity contribution in [2.45, 2.75) is 26.4 Å². The molecule has 0 amide bonds. The van der Waals surface area contributed by atoms with Gasteiger partial charge >= 0.3 is 0 Å². The lowest BCUT2D eigenvalue weighted by molar-refractivity contribution is 0.0124. The summed E-state index contributed by atoms with van der Waals surface area (Å²) in [6.07, 6.45) is 7.75. The van der Waals surface area contributed by atoms with Crippen molar-refractivity contribution in [3.05, 3.63) is 71.8 Å². The zero-order valence-corrected chi connectivity index (χ0v) is 16.0. The number of aromatic nitrogens is 3. The van der Waals surface area contributed by atoms with Crippen LogP contribution in [-0.2, 0) is 11.3 Å². The molecule has 1 fully saturated rings. The second-order valence-corrected chi connectivity index (χ2v) is 7.17. The predicted molar refractivity (Wildman–Crippen MR) is 107 cm³/mol. The van der Waals surface area contributed by atoms with Gasteiger partial charge in [-0.25, -0.2) is 4.98 Å². The molecule has 0 spiro atoms. The molecule has 5 nitrogen and oxygen atoms in total. The summed E-state index contributed by atoms with van der Waals surface area (Å²) < 4.78 is 7.85. The van der Waals surface area contributed by atoms with Crippen LogP contribution in [0.4, 0.5) is 0 Å². The number of hydrogen-bond donors (Lipinski definition) is 0. The summed E-state index contributed by atoms with van der Waals surface area (Å²) in [5, 5.41) is 0. The van der Waals surface area contributed by atoms with Crippen LogP contribution in [0.5, 0.6) is 0 Å². The Morgan fingerprint density at radius 3 is 2.59 bits per heavy atom. The quantitative estimate of drug-likeness (QED) is 0.695. The Morgan fingerprint density at radius 1 is 1.04 bits per heavy atom. The normalized spacial score (nSPS) is 16.4. The minimum Gasteiger partial charge on any atom is -0.379 e. The molecule has 1 saturated heterocycles. The topological polar surface area (TPSA) is 43.2 Å². The largest absolute Gasteiger partial charge is 0.379 e. The Hall–Kier alpha value is -2.50. The van der Waals surface area contributed by atoms with Gasteiger partial charge in [-0.2, -0.15) is 0 Å². The van der Waals surface area contributed by atoms with Crippen LogP contribution in [0.3, 0.4) is 0 Å². The van der Waals surface area contributed by atoms with E-state index in [0.717, 1.165) is 38.7 Å². The molecule has 140 valence electrons. The molecule has 0 bridgehead atoms. The number of pyridine rings is 1. The molecule has 3 aromatic rings. The van der Waals surface area contributed by atoms with Crippen LogP contribution in [0.2, 0.25) is 0 Å². The van der Waals surface area contributed by atoms with Gasteiger partial charge in [0.05, 0.1) is 19.3 Å². The lowest BCUT2D eigenvalue weighted by Gasteiger charge is -2.35. The molecule has 4 rings (SSSR count). The first kappa shape index (κ1) is 17.9. The van der Waals surface area contributed by atoms with Crippen LogP contribution < -0.4 is 0 Å². The Morgan fingerprint density at radius 2 is 1.81 bits per heavy atom. The van der Waals surface area contributed by atoms with E-state index in [1.165, 1.54) is 22.3 Å². The number of rotatable bonds is 5. The van der Waals surface area contributed by atoms with E-state index < -0.39 is 0 Å². The van der Waals surface area contributed by atoms with Crippen molar-refractivity contribution >= 4 is 0 Å². The second-order valence-electron chi connectivity index (χ2n) is 7.17. The molecular weight excluding hydrogens is 336 g/mol. The maximum atomic E-state index is 5.57. The van der Waals surface area contributed by atoms with Crippen LogP contribution in [0, 0.1) is 13.8 Å². The summed E-state index contributed by atoms with van der Waals surface area (Å²) in [7, 11) is 0. The fourth-order valence-electron chi connectivity index (χ4n) is 3.77. The van der Waals surface area contributed by atoms with E-state index in [2.05, 4.69) is 69.8 Å². The SMILES string of the molecule is Cc1ccc(C)c(-c2nccn2CC(c2ccncc2)N2CCOCC2)c1. The lowest BCUT2D eigenvalue weighted by atomic mass is 10.0. The van der Waals surface area contributed by atoms with Crippen molar-refractivity contribution in [3.63, 3.8) is 0 Å². The van der Waals surface area contributed by atoms with Crippen molar-refractivity contribution in [1.29, 1.82) is 0 Å². The van der Waals surface area contributed by atoms with Gasteiger partial charge in [-0.1, -0.05) is 17.7 Å². The third-order valence-electron chi connectivity index (χ3n) is 5.30. The van der Waals surface area contributed by atoms with Gasteiger partial charge in [-0.3, -0.25) is 9.88 Å². The molecule has 0 aliphatic carbocycles.